The van der Waals surface area contributed by atoms with Crippen molar-refractivity contribution < 1.29 is 4.79 Å². The third kappa shape index (κ3) is 5.07. The first-order chi connectivity index (χ1) is 12.1. The van der Waals surface area contributed by atoms with E-state index in [1.807, 2.05) is 24.3 Å². The molecule has 0 spiro atoms. The summed E-state index contributed by atoms with van der Waals surface area (Å²) in [5.41, 5.74) is 8.85. The first-order valence-electron chi connectivity index (χ1n) is 8.98. The number of carbonyl (C=O) groups is 1. The van der Waals surface area contributed by atoms with Crippen molar-refractivity contribution in [2.45, 2.75) is 31.6 Å². The van der Waals surface area contributed by atoms with Gasteiger partial charge in [-0.15, -0.1) is 0 Å². The Kier molecular flexibility index (Phi) is 6.11. The summed E-state index contributed by atoms with van der Waals surface area (Å²) in [7, 11) is 0. The van der Waals surface area contributed by atoms with Crippen LogP contribution in [-0.2, 0) is 0 Å². The van der Waals surface area contributed by atoms with Crippen molar-refractivity contribution in [1.29, 1.82) is 0 Å². The third-order valence-corrected chi connectivity index (χ3v) is 5.27. The topological polar surface area (TPSA) is 46.3 Å². The van der Waals surface area contributed by atoms with Crippen LogP contribution in [0.15, 0.2) is 48.5 Å². The minimum absolute atomic E-state index is 0.200. The fourth-order valence-corrected chi connectivity index (χ4v) is 3.67. The largest absolute Gasteiger partial charge is 0.399 e. The lowest BCUT2D eigenvalue weighted by atomic mass is 9.89. The molecule has 0 aromatic heterocycles. The van der Waals surface area contributed by atoms with Crippen molar-refractivity contribution >= 4 is 23.1 Å². The summed E-state index contributed by atoms with van der Waals surface area (Å²) < 4.78 is 0. The fraction of sp³-hybridized carbons (Fsp3) is 0.381. The standard InChI is InChI=1S/C21H25ClN2O/c22-19-8-6-17(7-9-19)21(25)5-2-12-24-13-10-16(11-14-24)18-3-1-4-20(23)15-18/h1,3-4,6-9,15-16H,2,5,10-14,23H2. The zero-order chi connectivity index (χ0) is 17.6. The second-order valence-electron chi connectivity index (χ2n) is 6.82. The van der Waals surface area contributed by atoms with Crippen molar-refractivity contribution in [1.82, 2.24) is 4.90 Å². The van der Waals surface area contributed by atoms with Gasteiger partial charge in [0, 0.05) is 22.7 Å². The number of nitrogens with two attached hydrogens (primary N) is 1. The minimum atomic E-state index is 0.200. The van der Waals surface area contributed by atoms with Gasteiger partial charge in [0.1, 0.15) is 0 Å². The van der Waals surface area contributed by atoms with Gasteiger partial charge in [-0.3, -0.25) is 4.79 Å². The van der Waals surface area contributed by atoms with E-state index in [2.05, 4.69) is 17.0 Å². The Morgan fingerprint density at radius 1 is 1.12 bits per heavy atom. The van der Waals surface area contributed by atoms with Crippen LogP contribution in [0.2, 0.25) is 5.02 Å². The van der Waals surface area contributed by atoms with E-state index in [1.54, 1.807) is 12.1 Å². The van der Waals surface area contributed by atoms with E-state index in [9.17, 15) is 4.79 Å². The van der Waals surface area contributed by atoms with E-state index in [-0.39, 0.29) is 5.78 Å². The Morgan fingerprint density at radius 3 is 2.52 bits per heavy atom. The number of Topliss-reactive ketones (excluding diaryl/α,β-unsaturated/α-hetero) is 1. The molecule has 0 bridgehead atoms. The zero-order valence-corrected chi connectivity index (χ0v) is 15.2. The van der Waals surface area contributed by atoms with E-state index >= 15 is 0 Å². The Balaban J connectivity index is 1.40. The smallest absolute Gasteiger partial charge is 0.162 e. The molecule has 2 aromatic carbocycles. The second kappa shape index (κ2) is 8.50. The number of rotatable bonds is 6. The Hall–Kier alpha value is -1.84. The van der Waals surface area contributed by atoms with E-state index in [0.29, 0.717) is 17.4 Å². The predicted octanol–water partition coefficient (Wildman–Crippen LogP) is 4.76. The monoisotopic (exact) mass is 356 g/mol. The number of benzene rings is 2. The molecule has 0 unspecified atom stereocenters. The van der Waals surface area contributed by atoms with Crippen LogP contribution in [0, 0.1) is 0 Å². The lowest BCUT2D eigenvalue weighted by Gasteiger charge is -2.32. The van der Waals surface area contributed by atoms with Crippen molar-refractivity contribution in [2.75, 3.05) is 25.4 Å². The quantitative estimate of drug-likeness (QED) is 0.599. The van der Waals surface area contributed by atoms with Crippen LogP contribution in [0.25, 0.3) is 0 Å². The maximum Gasteiger partial charge on any atom is 0.162 e. The average Bonchev–Trinajstić information content (AvgIpc) is 2.63. The van der Waals surface area contributed by atoms with E-state index in [4.69, 9.17) is 17.3 Å². The van der Waals surface area contributed by atoms with Gasteiger partial charge in [0.05, 0.1) is 0 Å². The number of halogens is 1. The Morgan fingerprint density at radius 2 is 1.84 bits per heavy atom. The molecule has 1 fully saturated rings. The lowest BCUT2D eigenvalue weighted by Crippen LogP contribution is -2.33. The van der Waals surface area contributed by atoms with Crippen LogP contribution in [0.4, 0.5) is 5.69 Å². The molecule has 1 heterocycles. The summed E-state index contributed by atoms with van der Waals surface area (Å²) in [6.07, 6.45) is 3.82. The number of piperidine rings is 1. The van der Waals surface area contributed by atoms with Crippen molar-refractivity contribution in [3.8, 4) is 0 Å². The molecule has 3 rings (SSSR count). The van der Waals surface area contributed by atoms with Gasteiger partial charge in [-0.05, 0) is 86.8 Å². The van der Waals surface area contributed by atoms with E-state index in [1.165, 1.54) is 5.56 Å². The number of nitrogens with zero attached hydrogens (tertiary/aromatic N) is 1. The first kappa shape index (κ1) is 18.0. The summed E-state index contributed by atoms with van der Waals surface area (Å²) in [6.45, 7) is 3.17. The molecule has 0 radical (unpaired) electrons. The number of hydrogen-bond donors (Lipinski definition) is 1. The summed E-state index contributed by atoms with van der Waals surface area (Å²) in [6, 6.07) is 15.4. The van der Waals surface area contributed by atoms with Gasteiger partial charge in [-0.1, -0.05) is 23.7 Å². The molecule has 4 heteroatoms. The summed E-state index contributed by atoms with van der Waals surface area (Å²) in [4.78, 5) is 14.7. The van der Waals surface area contributed by atoms with Gasteiger partial charge in [0.15, 0.2) is 5.78 Å². The Labute approximate surface area is 154 Å². The lowest BCUT2D eigenvalue weighted by molar-refractivity contribution is 0.0972. The molecule has 0 atom stereocenters. The van der Waals surface area contributed by atoms with Gasteiger partial charge in [-0.2, -0.15) is 0 Å². The number of nitrogen functional groups attached to an aromatic ring is 1. The summed E-state index contributed by atoms with van der Waals surface area (Å²) in [5.74, 6) is 0.807. The molecule has 0 aliphatic carbocycles. The summed E-state index contributed by atoms with van der Waals surface area (Å²) >= 11 is 5.86. The third-order valence-electron chi connectivity index (χ3n) is 5.01. The average molecular weight is 357 g/mol. The zero-order valence-electron chi connectivity index (χ0n) is 14.5. The molecule has 1 aliphatic rings. The molecule has 0 amide bonds. The van der Waals surface area contributed by atoms with Gasteiger partial charge < -0.3 is 10.6 Å². The predicted molar refractivity (Wildman–Crippen MR) is 104 cm³/mol. The van der Waals surface area contributed by atoms with Gasteiger partial charge >= 0.3 is 0 Å². The number of carbonyl (C=O) groups excluding carboxylic acids is 1. The van der Waals surface area contributed by atoms with Crippen molar-refractivity contribution in [3.05, 3.63) is 64.7 Å². The van der Waals surface area contributed by atoms with Gasteiger partial charge in [0.2, 0.25) is 0 Å². The van der Waals surface area contributed by atoms with Gasteiger partial charge in [-0.25, -0.2) is 0 Å². The van der Waals surface area contributed by atoms with Crippen LogP contribution in [0.5, 0.6) is 0 Å². The number of ketones is 1. The van der Waals surface area contributed by atoms with Crippen LogP contribution >= 0.6 is 11.6 Å². The summed E-state index contributed by atoms with van der Waals surface area (Å²) in [5, 5.41) is 0.666. The molecule has 132 valence electrons. The molecular weight excluding hydrogens is 332 g/mol. The molecular formula is C21H25ClN2O. The highest BCUT2D eigenvalue weighted by molar-refractivity contribution is 6.30. The normalized spacial score (nSPS) is 16.0. The molecule has 2 aromatic rings. The SMILES string of the molecule is Nc1cccc(C2CCN(CCCC(=O)c3ccc(Cl)cc3)CC2)c1. The van der Waals surface area contributed by atoms with Crippen molar-refractivity contribution in [3.63, 3.8) is 0 Å². The van der Waals surface area contributed by atoms with Crippen LogP contribution in [-0.4, -0.2) is 30.3 Å². The number of likely N-dealkylation sites (tertiary alicyclic amines) is 1. The van der Waals surface area contributed by atoms with E-state index < -0.39 is 0 Å². The highest BCUT2D eigenvalue weighted by Gasteiger charge is 2.20. The van der Waals surface area contributed by atoms with Crippen molar-refractivity contribution in [2.24, 2.45) is 0 Å². The number of anilines is 1. The highest BCUT2D eigenvalue weighted by Crippen LogP contribution is 2.29. The van der Waals surface area contributed by atoms with Crippen LogP contribution in [0.3, 0.4) is 0 Å². The fourth-order valence-electron chi connectivity index (χ4n) is 3.55. The van der Waals surface area contributed by atoms with Crippen LogP contribution in [0.1, 0.15) is 47.5 Å². The maximum atomic E-state index is 12.2. The molecule has 2 N–H and O–H groups in total. The molecule has 1 saturated heterocycles. The Bertz CT molecular complexity index is 706. The highest BCUT2D eigenvalue weighted by atomic mass is 35.5. The minimum Gasteiger partial charge on any atom is -0.399 e. The second-order valence-corrected chi connectivity index (χ2v) is 7.26. The maximum absolute atomic E-state index is 12.2. The van der Waals surface area contributed by atoms with Gasteiger partial charge in [0.25, 0.3) is 0 Å². The van der Waals surface area contributed by atoms with E-state index in [0.717, 1.165) is 50.1 Å². The first-order valence-corrected chi connectivity index (χ1v) is 9.36. The molecule has 1 aliphatic heterocycles. The van der Waals surface area contributed by atoms with Crippen LogP contribution < -0.4 is 5.73 Å². The number of hydrogen-bond acceptors (Lipinski definition) is 3. The molecule has 25 heavy (non-hydrogen) atoms. The molecule has 0 saturated carbocycles. The molecule has 3 nitrogen and oxygen atoms in total.